The number of nitrogens with zero attached hydrogens (tertiary/aromatic N) is 5. The van der Waals surface area contributed by atoms with Crippen molar-refractivity contribution in [1.82, 2.24) is 25.0 Å². The summed E-state index contributed by atoms with van der Waals surface area (Å²) in [6.45, 7) is 4.31. The van der Waals surface area contributed by atoms with Crippen molar-refractivity contribution in [2.75, 3.05) is 18.5 Å². The molecule has 1 N–H and O–H groups in total. The van der Waals surface area contributed by atoms with Gasteiger partial charge < -0.3 is 14.8 Å². The number of aromatic nitrogens is 5. The topological polar surface area (TPSA) is 104 Å². The summed E-state index contributed by atoms with van der Waals surface area (Å²) in [6, 6.07) is 11.5. The number of amides is 1. The molecule has 1 aliphatic heterocycles. The summed E-state index contributed by atoms with van der Waals surface area (Å²) < 4.78 is 26.2. The Balaban J connectivity index is 1.56. The van der Waals surface area contributed by atoms with Gasteiger partial charge in [-0.3, -0.25) is 4.79 Å². The number of fused-ring (bicyclic) bond motifs is 1. The van der Waals surface area contributed by atoms with Gasteiger partial charge in [-0.1, -0.05) is 12.0 Å². The van der Waals surface area contributed by atoms with Crippen LogP contribution in [0, 0.1) is 25.1 Å². The fourth-order valence-electron chi connectivity index (χ4n) is 4.37. The van der Waals surface area contributed by atoms with Gasteiger partial charge in [-0.2, -0.15) is 14.9 Å². The monoisotopic (exact) mass is 498 g/mol. The zero-order valence-corrected chi connectivity index (χ0v) is 20.2. The Labute approximate surface area is 212 Å². The second-order valence-electron chi connectivity index (χ2n) is 8.34. The molecule has 37 heavy (non-hydrogen) atoms. The van der Waals surface area contributed by atoms with Crippen LogP contribution in [-0.2, 0) is 4.79 Å². The second kappa shape index (κ2) is 10.1. The second-order valence-corrected chi connectivity index (χ2v) is 8.34. The third-order valence-electron chi connectivity index (χ3n) is 5.96. The molecule has 1 aliphatic rings. The van der Waals surface area contributed by atoms with Crippen molar-refractivity contribution >= 4 is 11.7 Å². The van der Waals surface area contributed by atoms with Crippen LogP contribution in [0.5, 0.6) is 11.5 Å². The van der Waals surface area contributed by atoms with Gasteiger partial charge in [0.25, 0.3) is 5.95 Å². The van der Waals surface area contributed by atoms with Crippen molar-refractivity contribution in [3.8, 4) is 41.0 Å². The van der Waals surface area contributed by atoms with Gasteiger partial charge in [0.1, 0.15) is 18.2 Å². The van der Waals surface area contributed by atoms with E-state index in [9.17, 15) is 9.18 Å². The molecule has 0 spiro atoms. The van der Waals surface area contributed by atoms with Gasteiger partial charge in [-0.15, -0.1) is 11.5 Å². The molecule has 0 saturated carbocycles. The van der Waals surface area contributed by atoms with E-state index in [1.807, 2.05) is 26.0 Å². The van der Waals surface area contributed by atoms with Gasteiger partial charge in [0.2, 0.25) is 5.91 Å². The summed E-state index contributed by atoms with van der Waals surface area (Å²) in [5.41, 5.74) is 3.59. The van der Waals surface area contributed by atoms with Crippen LogP contribution in [0.25, 0.3) is 17.2 Å². The van der Waals surface area contributed by atoms with Crippen LogP contribution in [0.4, 0.5) is 10.2 Å². The normalized spacial score (nSPS) is 14.4. The molecule has 186 valence electrons. The molecule has 0 unspecified atom stereocenters. The van der Waals surface area contributed by atoms with Crippen LogP contribution in [0.1, 0.15) is 36.1 Å². The molecule has 0 bridgehead atoms. The predicted octanol–water partition coefficient (Wildman–Crippen LogP) is 4.06. The number of carbonyl (C=O) groups excluding carboxylic acids is 1. The van der Waals surface area contributed by atoms with E-state index in [4.69, 9.17) is 15.9 Å². The summed E-state index contributed by atoms with van der Waals surface area (Å²) in [6.07, 6.45) is 7.04. The number of nitrogens with one attached hydrogen (secondary N) is 1. The lowest BCUT2D eigenvalue weighted by Gasteiger charge is -2.25. The Morgan fingerprint density at radius 2 is 2.00 bits per heavy atom. The molecular formula is C27H23FN6O3. The van der Waals surface area contributed by atoms with Crippen molar-refractivity contribution in [2.45, 2.75) is 26.2 Å². The summed E-state index contributed by atoms with van der Waals surface area (Å²) >= 11 is 0. The Kier molecular flexibility index (Phi) is 6.51. The fourth-order valence-corrected chi connectivity index (χ4v) is 4.37. The Hall–Kier alpha value is -4.78. The van der Waals surface area contributed by atoms with Gasteiger partial charge in [0.05, 0.1) is 24.2 Å². The molecule has 0 saturated heterocycles. The average molecular weight is 499 g/mol. The number of aryl methyl sites for hydroxylation is 1. The highest BCUT2D eigenvalue weighted by atomic mass is 19.1. The van der Waals surface area contributed by atoms with E-state index in [0.29, 0.717) is 40.9 Å². The zero-order chi connectivity index (χ0) is 25.9. The number of hydrogen-bond acceptors (Lipinski definition) is 7. The number of ether oxygens (including phenoxy) is 2. The first-order chi connectivity index (χ1) is 18.0. The van der Waals surface area contributed by atoms with E-state index >= 15 is 0 Å². The number of hydrogen-bond donors (Lipinski definition) is 1. The van der Waals surface area contributed by atoms with Gasteiger partial charge in [0.15, 0.2) is 11.5 Å². The smallest absolute Gasteiger partial charge is 0.272 e. The minimum Gasteiger partial charge on any atom is -0.490 e. The molecule has 2 aromatic carbocycles. The largest absolute Gasteiger partial charge is 0.490 e. The molecule has 1 amide bonds. The van der Waals surface area contributed by atoms with Crippen molar-refractivity contribution in [1.29, 1.82) is 0 Å². The van der Waals surface area contributed by atoms with E-state index in [0.717, 1.165) is 11.1 Å². The van der Waals surface area contributed by atoms with Crippen molar-refractivity contribution in [2.24, 2.45) is 0 Å². The number of terminal acetylenes is 1. The first-order valence-electron chi connectivity index (χ1n) is 11.7. The zero-order valence-electron chi connectivity index (χ0n) is 20.2. The van der Waals surface area contributed by atoms with E-state index in [2.05, 4.69) is 31.5 Å². The lowest BCUT2D eigenvalue weighted by Crippen LogP contribution is -2.25. The maximum Gasteiger partial charge on any atom is 0.272 e. The minimum absolute atomic E-state index is 0.117. The fraction of sp³-hybridized carbons (Fsp3) is 0.222. The molecule has 10 heteroatoms. The lowest BCUT2D eigenvalue weighted by atomic mass is 9.85. The number of halogens is 1. The highest BCUT2D eigenvalue weighted by Crippen LogP contribution is 2.42. The molecule has 4 aromatic rings. The molecular weight excluding hydrogens is 475 g/mol. The average Bonchev–Trinajstić information content (AvgIpc) is 3.24. The van der Waals surface area contributed by atoms with E-state index < -0.39 is 0 Å². The van der Waals surface area contributed by atoms with Gasteiger partial charge in [0, 0.05) is 23.5 Å². The van der Waals surface area contributed by atoms with E-state index in [-0.39, 0.29) is 36.6 Å². The Morgan fingerprint density at radius 3 is 2.76 bits per heavy atom. The van der Waals surface area contributed by atoms with Crippen LogP contribution in [0.15, 0.2) is 48.7 Å². The molecule has 3 heterocycles. The summed E-state index contributed by atoms with van der Waals surface area (Å²) in [4.78, 5) is 17.4. The molecule has 2 aromatic heterocycles. The number of rotatable bonds is 7. The van der Waals surface area contributed by atoms with E-state index in [1.54, 1.807) is 18.2 Å². The minimum atomic E-state index is -0.348. The molecule has 0 aliphatic carbocycles. The van der Waals surface area contributed by atoms with Crippen LogP contribution in [0.2, 0.25) is 0 Å². The SMILES string of the molecule is C#CCOc1ccc([C@H]2CC(=O)Nc3c2c(C)nn3-c2nncc(-c3ccc(F)cc3)n2)cc1OCC. The third kappa shape index (κ3) is 4.71. The maximum atomic E-state index is 13.4. The summed E-state index contributed by atoms with van der Waals surface area (Å²) in [7, 11) is 0. The standard InChI is InChI=1S/C27H23FN6O3/c1-4-12-37-22-11-8-18(13-23(22)36-5-2)20-14-24(35)31-26-25(20)16(3)33-34(26)27-30-21(15-29-32-27)17-6-9-19(28)10-7-17/h1,6-11,13,15,20H,5,12,14H2,2-3H3,(H,31,35)/t20-/m1/s1. The van der Waals surface area contributed by atoms with Crippen LogP contribution in [-0.4, -0.2) is 44.1 Å². The molecule has 9 nitrogen and oxygen atoms in total. The lowest BCUT2D eigenvalue weighted by molar-refractivity contribution is -0.116. The summed E-state index contributed by atoms with van der Waals surface area (Å²) in [5, 5.41) is 15.7. The quantitative estimate of drug-likeness (QED) is 0.383. The predicted molar refractivity (Wildman–Crippen MR) is 134 cm³/mol. The highest BCUT2D eigenvalue weighted by molar-refractivity contribution is 5.95. The first kappa shape index (κ1) is 23.9. The first-order valence-corrected chi connectivity index (χ1v) is 11.7. The van der Waals surface area contributed by atoms with Gasteiger partial charge >= 0.3 is 0 Å². The van der Waals surface area contributed by atoms with Crippen LogP contribution >= 0.6 is 0 Å². The van der Waals surface area contributed by atoms with Crippen molar-refractivity contribution in [3.63, 3.8) is 0 Å². The van der Waals surface area contributed by atoms with Gasteiger partial charge in [-0.05, 0) is 55.8 Å². The summed E-state index contributed by atoms with van der Waals surface area (Å²) in [5.74, 6) is 3.38. The molecule has 0 fully saturated rings. The molecule has 0 radical (unpaired) electrons. The van der Waals surface area contributed by atoms with Crippen molar-refractivity contribution in [3.05, 3.63) is 71.3 Å². The highest BCUT2D eigenvalue weighted by Gasteiger charge is 2.34. The van der Waals surface area contributed by atoms with Gasteiger partial charge in [-0.25, -0.2) is 9.37 Å². The van der Waals surface area contributed by atoms with E-state index in [1.165, 1.54) is 23.0 Å². The Morgan fingerprint density at radius 1 is 1.19 bits per heavy atom. The van der Waals surface area contributed by atoms with Crippen LogP contribution in [0.3, 0.4) is 0 Å². The number of carbonyl (C=O) groups is 1. The van der Waals surface area contributed by atoms with Crippen LogP contribution < -0.4 is 14.8 Å². The maximum absolute atomic E-state index is 13.4. The number of benzene rings is 2. The third-order valence-corrected chi connectivity index (χ3v) is 5.96. The molecule has 1 atom stereocenters. The number of anilines is 1. The Bertz CT molecular complexity index is 1510. The molecule has 5 rings (SSSR count). The van der Waals surface area contributed by atoms with Crippen molar-refractivity contribution < 1.29 is 18.7 Å².